The highest BCUT2D eigenvalue weighted by Gasteiger charge is 2.06. The number of para-hydroxylation sites is 1. The average Bonchev–Trinajstić information content (AvgIpc) is 2.48. The van der Waals surface area contributed by atoms with Crippen LogP contribution in [-0.2, 0) is 13.0 Å². The van der Waals surface area contributed by atoms with Gasteiger partial charge in [-0.25, -0.2) is 0 Å². The lowest BCUT2D eigenvalue weighted by Gasteiger charge is -2.12. The van der Waals surface area contributed by atoms with Crippen molar-refractivity contribution in [2.24, 2.45) is 0 Å². The molecule has 2 rings (SSSR count). The van der Waals surface area contributed by atoms with E-state index in [1.807, 2.05) is 42.5 Å². The SMILES string of the molecule is COc1ccc(Br)c(COc2ccccc2CCO)c1. The maximum atomic E-state index is 9.06. The van der Waals surface area contributed by atoms with Gasteiger partial charge in [0, 0.05) is 16.6 Å². The highest BCUT2D eigenvalue weighted by molar-refractivity contribution is 9.10. The molecule has 1 N–H and O–H groups in total. The molecule has 0 aromatic heterocycles. The van der Waals surface area contributed by atoms with Gasteiger partial charge >= 0.3 is 0 Å². The number of methoxy groups -OCH3 is 1. The topological polar surface area (TPSA) is 38.7 Å². The molecule has 0 saturated heterocycles. The summed E-state index contributed by atoms with van der Waals surface area (Å²) in [5.41, 5.74) is 2.03. The first-order valence-electron chi connectivity index (χ1n) is 6.38. The van der Waals surface area contributed by atoms with Crippen LogP contribution in [0.5, 0.6) is 11.5 Å². The maximum Gasteiger partial charge on any atom is 0.123 e. The maximum absolute atomic E-state index is 9.06. The Morgan fingerprint density at radius 2 is 1.90 bits per heavy atom. The molecule has 0 saturated carbocycles. The molecule has 2 aromatic rings. The van der Waals surface area contributed by atoms with Gasteiger partial charge in [-0.15, -0.1) is 0 Å². The summed E-state index contributed by atoms with van der Waals surface area (Å²) in [6.07, 6.45) is 0.593. The molecule has 0 aliphatic carbocycles. The summed E-state index contributed by atoms with van der Waals surface area (Å²) in [5.74, 6) is 1.60. The lowest BCUT2D eigenvalue weighted by Crippen LogP contribution is -2.01. The van der Waals surface area contributed by atoms with Crippen LogP contribution < -0.4 is 9.47 Å². The van der Waals surface area contributed by atoms with Crippen molar-refractivity contribution >= 4 is 15.9 Å². The quantitative estimate of drug-likeness (QED) is 0.876. The molecule has 4 heteroatoms. The standard InChI is InChI=1S/C16H17BrO3/c1-19-14-6-7-15(17)13(10-14)11-20-16-5-3-2-4-12(16)8-9-18/h2-7,10,18H,8-9,11H2,1H3. The van der Waals surface area contributed by atoms with Crippen LogP contribution in [0.1, 0.15) is 11.1 Å². The number of ether oxygens (including phenoxy) is 2. The minimum Gasteiger partial charge on any atom is -0.497 e. The second kappa shape index (κ2) is 7.31. The van der Waals surface area contributed by atoms with Crippen LogP contribution >= 0.6 is 15.9 Å². The molecule has 0 heterocycles. The molecule has 0 amide bonds. The predicted molar refractivity (Wildman–Crippen MR) is 82.3 cm³/mol. The normalized spacial score (nSPS) is 10.3. The van der Waals surface area contributed by atoms with Gasteiger partial charge in [0.05, 0.1) is 7.11 Å². The summed E-state index contributed by atoms with van der Waals surface area (Å²) in [5, 5.41) is 9.06. The first-order chi connectivity index (χ1) is 9.74. The summed E-state index contributed by atoms with van der Waals surface area (Å²) < 4.78 is 12.1. The van der Waals surface area contributed by atoms with E-state index in [0.717, 1.165) is 27.1 Å². The number of halogens is 1. The largest absolute Gasteiger partial charge is 0.497 e. The van der Waals surface area contributed by atoms with Crippen LogP contribution in [0.25, 0.3) is 0 Å². The lowest BCUT2D eigenvalue weighted by atomic mass is 10.1. The number of hydrogen-bond acceptors (Lipinski definition) is 3. The smallest absolute Gasteiger partial charge is 0.123 e. The van der Waals surface area contributed by atoms with Crippen molar-refractivity contribution in [3.05, 3.63) is 58.1 Å². The van der Waals surface area contributed by atoms with Crippen LogP contribution in [0.4, 0.5) is 0 Å². The molecule has 0 aliphatic rings. The third-order valence-electron chi connectivity index (χ3n) is 2.99. The fourth-order valence-corrected chi connectivity index (χ4v) is 2.28. The Hall–Kier alpha value is -1.52. The van der Waals surface area contributed by atoms with Gasteiger partial charge in [0.15, 0.2) is 0 Å². The number of benzene rings is 2. The molecule has 2 aromatic carbocycles. The second-order valence-corrected chi connectivity index (χ2v) is 5.18. The highest BCUT2D eigenvalue weighted by atomic mass is 79.9. The second-order valence-electron chi connectivity index (χ2n) is 4.33. The third kappa shape index (κ3) is 3.74. The molecule has 0 atom stereocenters. The lowest BCUT2D eigenvalue weighted by molar-refractivity contribution is 0.283. The Morgan fingerprint density at radius 1 is 1.10 bits per heavy atom. The summed E-state index contributed by atoms with van der Waals surface area (Å²) in [6.45, 7) is 0.559. The molecule has 106 valence electrons. The van der Waals surface area contributed by atoms with E-state index in [0.29, 0.717) is 13.0 Å². The van der Waals surface area contributed by atoms with Crippen molar-refractivity contribution in [3.8, 4) is 11.5 Å². The van der Waals surface area contributed by atoms with Crippen LogP contribution in [0.2, 0.25) is 0 Å². The van der Waals surface area contributed by atoms with E-state index in [-0.39, 0.29) is 6.61 Å². The molecule has 3 nitrogen and oxygen atoms in total. The van der Waals surface area contributed by atoms with Gasteiger partial charge in [-0.05, 0) is 36.2 Å². The highest BCUT2D eigenvalue weighted by Crippen LogP contribution is 2.25. The molecule has 0 radical (unpaired) electrons. The first kappa shape index (κ1) is 14.9. The van der Waals surface area contributed by atoms with E-state index < -0.39 is 0 Å². The van der Waals surface area contributed by atoms with Crippen LogP contribution in [0, 0.1) is 0 Å². The van der Waals surface area contributed by atoms with E-state index in [1.165, 1.54) is 0 Å². The minimum absolute atomic E-state index is 0.114. The van der Waals surface area contributed by atoms with Crippen LogP contribution in [0.15, 0.2) is 46.9 Å². The van der Waals surface area contributed by atoms with Crippen molar-refractivity contribution in [2.75, 3.05) is 13.7 Å². The summed E-state index contributed by atoms with van der Waals surface area (Å²) >= 11 is 3.51. The zero-order chi connectivity index (χ0) is 14.4. The third-order valence-corrected chi connectivity index (χ3v) is 3.76. The molecular formula is C16H17BrO3. The molecule has 0 spiro atoms. The first-order valence-corrected chi connectivity index (χ1v) is 7.18. The fourth-order valence-electron chi connectivity index (χ4n) is 1.92. The minimum atomic E-state index is 0.114. The molecule has 20 heavy (non-hydrogen) atoms. The molecule has 0 fully saturated rings. The van der Waals surface area contributed by atoms with Gasteiger partial charge in [0.1, 0.15) is 18.1 Å². The van der Waals surface area contributed by atoms with Crippen LogP contribution in [-0.4, -0.2) is 18.8 Å². The Bertz CT molecular complexity index is 569. The van der Waals surface area contributed by atoms with Crippen molar-refractivity contribution in [2.45, 2.75) is 13.0 Å². The fraction of sp³-hybridized carbons (Fsp3) is 0.250. The van der Waals surface area contributed by atoms with Crippen molar-refractivity contribution in [1.82, 2.24) is 0 Å². The van der Waals surface area contributed by atoms with Gasteiger partial charge in [0.25, 0.3) is 0 Å². The Kier molecular flexibility index (Phi) is 5.44. The Balaban J connectivity index is 2.12. The van der Waals surface area contributed by atoms with Gasteiger partial charge in [-0.2, -0.15) is 0 Å². The number of aliphatic hydroxyl groups excluding tert-OH is 1. The summed E-state index contributed by atoms with van der Waals surface area (Å²) in [4.78, 5) is 0. The predicted octanol–water partition coefficient (Wildman–Crippen LogP) is 3.57. The van der Waals surface area contributed by atoms with Crippen LogP contribution in [0.3, 0.4) is 0 Å². The molecular weight excluding hydrogens is 320 g/mol. The van der Waals surface area contributed by atoms with E-state index in [9.17, 15) is 0 Å². The van der Waals surface area contributed by atoms with Gasteiger partial charge in [-0.1, -0.05) is 34.1 Å². The Morgan fingerprint density at radius 3 is 2.65 bits per heavy atom. The van der Waals surface area contributed by atoms with E-state index in [1.54, 1.807) is 7.11 Å². The van der Waals surface area contributed by atoms with Gasteiger partial charge in [-0.3, -0.25) is 0 Å². The molecule has 0 unspecified atom stereocenters. The zero-order valence-corrected chi connectivity index (χ0v) is 12.9. The van der Waals surface area contributed by atoms with Gasteiger partial charge in [0.2, 0.25) is 0 Å². The van der Waals surface area contributed by atoms with Crippen molar-refractivity contribution < 1.29 is 14.6 Å². The summed E-state index contributed by atoms with van der Waals surface area (Å²) in [6, 6.07) is 13.5. The van der Waals surface area contributed by atoms with E-state index >= 15 is 0 Å². The van der Waals surface area contributed by atoms with E-state index in [2.05, 4.69) is 15.9 Å². The Labute approximate surface area is 127 Å². The monoisotopic (exact) mass is 336 g/mol. The number of aliphatic hydroxyl groups is 1. The van der Waals surface area contributed by atoms with E-state index in [4.69, 9.17) is 14.6 Å². The average molecular weight is 337 g/mol. The zero-order valence-electron chi connectivity index (χ0n) is 11.3. The van der Waals surface area contributed by atoms with Crippen molar-refractivity contribution in [1.29, 1.82) is 0 Å². The van der Waals surface area contributed by atoms with Crippen molar-refractivity contribution in [3.63, 3.8) is 0 Å². The molecule has 0 bridgehead atoms. The number of rotatable bonds is 6. The number of hydrogen-bond donors (Lipinski definition) is 1. The summed E-state index contributed by atoms with van der Waals surface area (Å²) in [7, 11) is 1.64. The molecule has 0 aliphatic heterocycles. The van der Waals surface area contributed by atoms with Gasteiger partial charge < -0.3 is 14.6 Å².